The van der Waals surface area contributed by atoms with Crippen molar-refractivity contribution >= 4 is 33.7 Å². The maximum atomic E-state index is 13.1. The Morgan fingerprint density at radius 3 is 2.62 bits per heavy atom. The van der Waals surface area contributed by atoms with Crippen molar-refractivity contribution in [3.05, 3.63) is 71.2 Å². The summed E-state index contributed by atoms with van der Waals surface area (Å²) in [5, 5.41) is 4.97. The minimum absolute atomic E-state index is 0.133. The second-order valence-electron chi connectivity index (χ2n) is 5.44. The Morgan fingerprint density at radius 1 is 1.12 bits per heavy atom. The van der Waals surface area contributed by atoms with Crippen LogP contribution in [0, 0.1) is 11.6 Å². The zero-order valence-electron chi connectivity index (χ0n) is 13.4. The zero-order valence-corrected chi connectivity index (χ0v) is 15.1. The van der Waals surface area contributed by atoms with Crippen molar-refractivity contribution in [3.8, 4) is 10.6 Å². The molecule has 4 nitrogen and oxygen atoms in total. The van der Waals surface area contributed by atoms with Crippen LogP contribution in [0.5, 0.6) is 0 Å². The van der Waals surface area contributed by atoms with E-state index >= 15 is 0 Å². The lowest BCUT2D eigenvalue weighted by Gasteiger charge is -2.04. The van der Waals surface area contributed by atoms with Crippen LogP contribution in [0.4, 0.5) is 14.5 Å². The van der Waals surface area contributed by atoms with Gasteiger partial charge < -0.3 is 5.32 Å². The van der Waals surface area contributed by atoms with Gasteiger partial charge in [0, 0.05) is 27.4 Å². The molecule has 1 atom stereocenters. The van der Waals surface area contributed by atoms with Crippen molar-refractivity contribution in [2.24, 2.45) is 0 Å². The number of rotatable bonds is 6. The molecule has 0 fully saturated rings. The minimum Gasteiger partial charge on any atom is -0.325 e. The number of nitrogens with zero attached hydrogens (tertiary/aromatic N) is 1. The number of aromatic nitrogens is 1. The van der Waals surface area contributed by atoms with E-state index in [1.165, 1.54) is 41.7 Å². The Hall–Kier alpha value is -2.45. The smallest absolute Gasteiger partial charge is 0.237 e. The average molecular weight is 392 g/mol. The fraction of sp³-hybridized carbons (Fsp3) is 0.111. The maximum absolute atomic E-state index is 13.1. The number of halogens is 2. The number of hydrogen-bond donors (Lipinski definition) is 1. The fourth-order valence-electron chi connectivity index (χ4n) is 2.22. The van der Waals surface area contributed by atoms with Crippen LogP contribution in [0.3, 0.4) is 0 Å². The van der Waals surface area contributed by atoms with Crippen molar-refractivity contribution in [1.29, 1.82) is 0 Å². The number of carbonyl (C=O) groups excluding carboxylic acids is 1. The number of nitrogens with one attached hydrogen (secondary N) is 1. The molecule has 0 radical (unpaired) electrons. The zero-order chi connectivity index (χ0) is 18.5. The quantitative estimate of drug-likeness (QED) is 0.690. The van der Waals surface area contributed by atoms with Crippen LogP contribution >= 0.6 is 11.3 Å². The molecule has 0 aliphatic heterocycles. The molecule has 0 aliphatic carbocycles. The summed E-state index contributed by atoms with van der Waals surface area (Å²) in [7, 11) is -1.45. The lowest BCUT2D eigenvalue weighted by Crippen LogP contribution is -2.20. The summed E-state index contributed by atoms with van der Waals surface area (Å²) in [6.45, 7) is 0. The molecule has 0 saturated heterocycles. The average Bonchev–Trinajstić information content (AvgIpc) is 3.03. The first-order valence-electron chi connectivity index (χ1n) is 7.60. The van der Waals surface area contributed by atoms with Gasteiger partial charge in [0.2, 0.25) is 5.91 Å². The number of amides is 1. The van der Waals surface area contributed by atoms with Crippen LogP contribution < -0.4 is 5.32 Å². The molecule has 1 amide bonds. The summed E-state index contributed by atoms with van der Waals surface area (Å²) in [5.74, 6) is -1.31. The molecule has 1 N–H and O–H groups in total. The predicted octanol–water partition coefficient (Wildman–Crippen LogP) is 3.98. The van der Waals surface area contributed by atoms with E-state index in [1.54, 1.807) is 23.6 Å². The number of anilines is 1. The van der Waals surface area contributed by atoms with Gasteiger partial charge in [-0.1, -0.05) is 6.07 Å². The van der Waals surface area contributed by atoms with Gasteiger partial charge in [0.1, 0.15) is 22.4 Å². The van der Waals surface area contributed by atoms with Crippen LogP contribution in [0.1, 0.15) is 5.69 Å². The van der Waals surface area contributed by atoms with Gasteiger partial charge in [-0.15, -0.1) is 11.3 Å². The summed E-state index contributed by atoms with van der Waals surface area (Å²) in [4.78, 5) is 16.3. The fourth-order valence-corrected chi connectivity index (χ4v) is 4.10. The van der Waals surface area contributed by atoms with Gasteiger partial charge in [-0.3, -0.25) is 9.00 Å². The minimum atomic E-state index is -1.45. The second-order valence-corrected chi connectivity index (χ2v) is 7.75. The molecule has 2 aromatic carbocycles. The molecule has 26 heavy (non-hydrogen) atoms. The maximum Gasteiger partial charge on any atom is 0.237 e. The monoisotopic (exact) mass is 392 g/mol. The van der Waals surface area contributed by atoms with E-state index < -0.39 is 22.5 Å². The third-order valence-corrected chi connectivity index (χ3v) is 5.49. The van der Waals surface area contributed by atoms with Gasteiger partial charge >= 0.3 is 0 Å². The van der Waals surface area contributed by atoms with E-state index in [0.29, 0.717) is 16.4 Å². The number of hydrogen-bond acceptors (Lipinski definition) is 4. The Morgan fingerprint density at radius 2 is 1.88 bits per heavy atom. The highest BCUT2D eigenvalue weighted by molar-refractivity contribution is 7.84. The molecule has 1 heterocycles. The van der Waals surface area contributed by atoms with E-state index in [0.717, 1.165) is 5.56 Å². The van der Waals surface area contributed by atoms with Crippen molar-refractivity contribution in [3.63, 3.8) is 0 Å². The van der Waals surface area contributed by atoms with E-state index in [1.807, 2.05) is 0 Å². The highest BCUT2D eigenvalue weighted by Gasteiger charge is 2.12. The van der Waals surface area contributed by atoms with Crippen LogP contribution in [-0.4, -0.2) is 20.9 Å². The van der Waals surface area contributed by atoms with Gasteiger partial charge in [-0.05, 0) is 42.5 Å². The van der Waals surface area contributed by atoms with Crippen LogP contribution in [0.15, 0.2) is 53.9 Å². The summed E-state index contributed by atoms with van der Waals surface area (Å²) in [6.07, 6.45) is 0. The Bertz CT molecular complexity index is 942. The topological polar surface area (TPSA) is 59.1 Å². The van der Waals surface area contributed by atoms with E-state index in [2.05, 4.69) is 10.3 Å². The highest BCUT2D eigenvalue weighted by Crippen LogP contribution is 2.24. The van der Waals surface area contributed by atoms with Crippen molar-refractivity contribution in [1.82, 2.24) is 4.98 Å². The highest BCUT2D eigenvalue weighted by atomic mass is 32.2. The Kier molecular flexibility index (Phi) is 5.85. The molecule has 0 aliphatic rings. The van der Waals surface area contributed by atoms with Gasteiger partial charge in [-0.25, -0.2) is 13.8 Å². The number of benzene rings is 2. The number of carbonyl (C=O) groups is 1. The normalized spacial score (nSPS) is 11.9. The summed E-state index contributed by atoms with van der Waals surface area (Å²) in [5.41, 5.74) is 1.70. The van der Waals surface area contributed by atoms with Gasteiger partial charge in [0.05, 0.1) is 11.4 Å². The molecule has 0 saturated carbocycles. The van der Waals surface area contributed by atoms with Crippen molar-refractivity contribution in [2.75, 3.05) is 11.1 Å². The van der Waals surface area contributed by atoms with E-state index in [-0.39, 0.29) is 17.3 Å². The van der Waals surface area contributed by atoms with Gasteiger partial charge in [-0.2, -0.15) is 0 Å². The standard InChI is InChI=1S/C18H14F2N2O2S2/c19-13-6-4-12(5-7-13)18-22-16(9-25-18)10-26(24)11-17(23)21-15-3-1-2-14(20)8-15/h1-9H,10-11H2,(H,21,23). The third-order valence-electron chi connectivity index (χ3n) is 3.35. The molecule has 3 aromatic rings. The molecule has 1 unspecified atom stereocenters. The van der Waals surface area contributed by atoms with E-state index in [9.17, 15) is 17.8 Å². The molecular weight excluding hydrogens is 378 g/mol. The molecule has 0 spiro atoms. The van der Waals surface area contributed by atoms with Crippen molar-refractivity contribution in [2.45, 2.75) is 5.75 Å². The number of thiazole rings is 1. The van der Waals surface area contributed by atoms with Crippen LogP contribution in [0.2, 0.25) is 0 Å². The molecule has 134 valence electrons. The van der Waals surface area contributed by atoms with Crippen LogP contribution in [0.25, 0.3) is 10.6 Å². The molecule has 1 aromatic heterocycles. The third kappa shape index (κ3) is 5.03. The molecule has 0 bridgehead atoms. The molecule has 3 rings (SSSR count). The first-order valence-corrected chi connectivity index (χ1v) is 9.97. The molecular formula is C18H14F2N2O2S2. The van der Waals surface area contributed by atoms with Crippen molar-refractivity contribution < 1.29 is 17.8 Å². The molecule has 8 heteroatoms. The van der Waals surface area contributed by atoms with Gasteiger partial charge in [0.15, 0.2) is 0 Å². The SMILES string of the molecule is O=C(CS(=O)Cc1csc(-c2ccc(F)cc2)n1)Nc1cccc(F)c1. The second kappa shape index (κ2) is 8.29. The summed E-state index contributed by atoms with van der Waals surface area (Å²) in [6, 6.07) is 11.5. The van der Waals surface area contributed by atoms with Crippen LogP contribution in [-0.2, 0) is 21.3 Å². The lowest BCUT2D eigenvalue weighted by atomic mass is 10.2. The largest absolute Gasteiger partial charge is 0.325 e. The predicted molar refractivity (Wildman–Crippen MR) is 99.3 cm³/mol. The van der Waals surface area contributed by atoms with E-state index in [4.69, 9.17) is 0 Å². The van der Waals surface area contributed by atoms with Gasteiger partial charge in [0.25, 0.3) is 0 Å². The summed E-state index contributed by atoms with van der Waals surface area (Å²) >= 11 is 1.36. The summed E-state index contributed by atoms with van der Waals surface area (Å²) < 4.78 is 38.2. The Balaban J connectivity index is 1.56. The first-order chi connectivity index (χ1) is 12.5. The Labute approximate surface area is 155 Å². The lowest BCUT2D eigenvalue weighted by molar-refractivity contribution is -0.113. The first kappa shape index (κ1) is 18.3.